The first-order chi connectivity index (χ1) is 11.5. The van der Waals surface area contributed by atoms with Crippen molar-refractivity contribution in [1.82, 2.24) is 15.1 Å². The Labute approximate surface area is 141 Å². The van der Waals surface area contributed by atoms with E-state index in [0.717, 1.165) is 19.4 Å². The van der Waals surface area contributed by atoms with Gasteiger partial charge in [-0.2, -0.15) is 0 Å². The average Bonchev–Trinajstić information content (AvgIpc) is 3.22. The SMILES string of the molecule is O=C(O)C1CC(=O)N(C2CCN(C(=O)NC[C@H]3CCCO3)CC2)C1. The smallest absolute Gasteiger partial charge is 0.317 e. The van der Waals surface area contributed by atoms with E-state index in [0.29, 0.717) is 39.0 Å². The summed E-state index contributed by atoms with van der Waals surface area (Å²) < 4.78 is 5.49. The van der Waals surface area contributed by atoms with Crippen molar-refractivity contribution in [3.05, 3.63) is 0 Å². The van der Waals surface area contributed by atoms with Crippen LogP contribution < -0.4 is 5.32 Å². The number of urea groups is 1. The summed E-state index contributed by atoms with van der Waals surface area (Å²) in [4.78, 5) is 38.7. The van der Waals surface area contributed by atoms with Crippen molar-refractivity contribution in [3.63, 3.8) is 0 Å². The number of nitrogens with zero attached hydrogens (tertiary/aromatic N) is 2. The van der Waals surface area contributed by atoms with E-state index in [1.165, 1.54) is 0 Å². The van der Waals surface area contributed by atoms with Crippen molar-refractivity contribution in [2.24, 2.45) is 5.92 Å². The first kappa shape index (κ1) is 17.0. The fraction of sp³-hybridized carbons (Fsp3) is 0.812. The summed E-state index contributed by atoms with van der Waals surface area (Å²) in [6, 6.07) is -0.0378. The van der Waals surface area contributed by atoms with E-state index in [4.69, 9.17) is 9.84 Å². The van der Waals surface area contributed by atoms with Gasteiger partial charge in [-0.15, -0.1) is 0 Å². The monoisotopic (exact) mass is 339 g/mol. The van der Waals surface area contributed by atoms with Crippen molar-refractivity contribution in [3.8, 4) is 0 Å². The number of carboxylic acids is 1. The summed E-state index contributed by atoms with van der Waals surface area (Å²) in [5.74, 6) is -1.58. The van der Waals surface area contributed by atoms with E-state index in [1.54, 1.807) is 9.80 Å². The van der Waals surface area contributed by atoms with Gasteiger partial charge in [0.2, 0.25) is 5.91 Å². The van der Waals surface area contributed by atoms with Crippen LogP contribution in [0.4, 0.5) is 4.79 Å². The van der Waals surface area contributed by atoms with Crippen LogP contribution in [0.1, 0.15) is 32.1 Å². The molecule has 0 saturated carbocycles. The van der Waals surface area contributed by atoms with Crippen LogP contribution in [-0.4, -0.2) is 77.7 Å². The molecule has 3 saturated heterocycles. The second-order valence-corrected chi connectivity index (χ2v) is 6.82. The maximum absolute atomic E-state index is 12.2. The first-order valence-electron chi connectivity index (χ1n) is 8.71. The molecular weight excluding hydrogens is 314 g/mol. The molecule has 0 aliphatic carbocycles. The van der Waals surface area contributed by atoms with Crippen molar-refractivity contribution in [2.45, 2.75) is 44.2 Å². The molecule has 2 N–H and O–H groups in total. The molecule has 0 spiro atoms. The molecular formula is C16H25N3O5. The number of amides is 3. The number of carbonyl (C=O) groups excluding carboxylic acids is 2. The normalized spacial score (nSPS) is 28.4. The third kappa shape index (κ3) is 3.80. The van der Waals surface area contributed by atoms with Crippen molar-refractivity contribution < 1.29 is 24.2 Å². The lowest BCUT2D eigenvalue weighted by molar-refractivity contribution is -0.141. The fourth-order valence-corrected chi connectivity index (χ4v) is 3.75. The predicted molar refractivity (Wildman–Crippen MR) is 84.4 cm³/mol. The van der Waals surface area contributed by atoms with Gasteiger partial charge in [0.05, 0.1) is 12.0 Å². The van der Waals surface area contributed by atoms with Gasteiger partial charge in [-0.1, -0.05) is 0 Å². The summed E-state index contributed by atoms with van der Waals surface area (Å²) >= 11 is 0. The number of nitrogens with one attached hydrogen (secondary N) is 1. The van der Waals surface area contributed by atoms with Crippen LogP contribution in [0.2, 0.25) is 0 Å². The molecule has 0 radical (unpaired) electrons. The highest BCUT2D eigenvalue weighted by Gasteiger charge is 2.39. The summed E-state index contributed by atoms with van der Waals surface area (Å²) in [7, 11) is 0. The Morgan fingerprint density at radius 1 is 1.25 bits per heavy atom. The number of hydrogen-bond donors (Lipinski definition) is 2. The lowest BCUT2D eigenvalue weighted by Crippen LogP contribution is -2.50. The highest BCUT2D eigenvalue weighted by molar-refractivity contribution is 5.86. The predicted octanol–water partition coefficient (Wildman–Crippen LogP) is 0.273. The highest BCUT2D eigenvalue weighted by Crippen LogP contribution is 2.25. The molecule has 3 heterocycles. The van der Waals surface area contributed by atoms with Gasteiger partial charge in [-0.05, 0) is 25.7 Å². The summed E-state index contributed by atoms with van der Waals surface area (Å²) in [6.07, 6.45) is 3.66. The van der Waals surface area contributed by atoms with Gasteiger partial charge in [-0.3, -0.25) is 9.59 Å². The van der Waals surface area contributed by atoms with Gasteiger partial charge in [-0.25, -0.2) is 4.79 Å². The number of ether oxygens (including phenoxy) is 1. The third-order valence-electron chi connectivity index (χ3n) is 5.21. The minimum absolute atomic E-state index is 0.0454. The zero-order chi connectivity index (χ0) is 17.1. The van der Waals surface area contributed by atoms with Gasteiger partial charge in [0.25, 0.3) is 0 Å². The minimum Gasteiger partial charge on any atom is -0.481 e. The molecule has 8 heteroatoms. The number of carbonyl (C=O) groups is 3. The largest absolute Gasteiger partial charge is 0.481 e. The Morgan fingerprint density at radius 2 is 2.00 bits per heavy atom. The number of aliphatic carboxylic acids is 1. The van der Waals surface area contributed by atoms with Gasteiger partial charge in [0.15, 0.2) is 0 Å². The van der Waals surface area contributed by atoms with Gasteiger partial charge < -0.3 is 25.0 Å². The quantitative estimate of drug-likeness (QED) is 0.766. The van der Waals surface area contributed by atoms with E-state index in [-0.39, 0.29) is 30.5 Å². The van der Waals surface area contributed by atoms with E-state index in [2.05, 4.69) is 5.32 Å². The van der Waals surface area contributed by atoms with Crippen molar-refractivity contribution in [1.29, 1.82) is 0 Å². The maximum atomic E-state index is 12.2. The van der Waals surface area contributed by atoms with E-state index < -0.39 is 11.9 Å². The zero-order valence-electron chi connectivity index (χ0n) is 13.8. The summed E-state index contributed by atoms with van der Waals surface area (Å²) in [5, 5.41) is 12.0. The number of likely N-dealkylation sites (tertiary alicyclic amines) is 2. The molecule has 134 valence electrons. The molecule has 3 aliphatic rings. The van der Waals surface area contributed by atoms with Crippen molar-refractivity contribution >= 4 is 17.9 Å². The van der Waals surface area contributed by atoms with E-state index in [9.17, 15) is 14.4 Å². The lowest BCUT2D eigenvalue weighted by atomic mass is 10.0. The Hall–Kier alpha value is -1.83. The Balaban J connectivity index is 1.42. The van der Waals surface area contributed by atoms with Crippen LogP contribution in [0, 0.1) is 5.92 Å². The van der Waals surface area contributed by atoms with E-state index in [1.807, 2.05) is 0 Å². The molecule has 3 amide bonds. The molecule has 3 aliphatic heterocycles. The van der Waals surface area contributed by atoms with Crippen LogP contribution in [0.15, 0.2) is 0 Å². The molecule has 0 aromatic carbocycles. The van der Waals surface area contributed by atoms with Crippen LogP contribution in [0.5, 0.6) is 0 Å². The zero-order valence-corrected chi connectivity index (χ0v) is 13.8. The fourth-order valence-electron chi connectivity index (χ4n) is 3.75. The highest BCUT2D eigenvalue weighted by atomic mass is 16.5. The molecule has 8 nitrogen and oxygen atoms in total. The first-order valence-corrected chi connectivity index (χ1v) is 8.71. The van der Waals surface area contributed by atoms with Crippen LogP contribution in [-0.2, 0) is 14.3 Å². The number of piperidine rings is 1. The van der Waals surface area contributed by atoms with Gasteiger partial charge >= 0.3 is 12.0 Å². The van der Waals surface area contributed by atoms with Gasteiger partial charge in [0.1, 0.15) is 0 Å². The van der Waals surface area contributed by atoms with Crippen molar-refractivity contribution in [2.75, 3.05) is 32.8 Å². The molecule has 2 atom stereocenters. The Kier molecular flexibility index (Phi) is 5.23. The Bertz CT molecular complexity index is 498. The lowest BCUT2D eigenvalue weighted by Gasteiger charge is -2.36. The molecule has 0 bridgehead atoms. The van der Waals surface area contributed by atoms with Crippen LogP contribution >= 0.6 is 0 Å². The molecule has 3 fully saturated rings. The van der Waals surface area contributed by atoms with Gasteiger partial charge in [0, 0.05) is 45.2 Å². The number of rotatable bonds is 4. The molecule has 1 unspecified atom stereocenters. The third-order valence-corrected chi connectivity index (χ3v) is 5.21. The van der Waals surface area contributed by atoms with Crippen LogP contribution in [0.3, 0.4) is 0 Å². The molecule has 0 aromatic rings. The molecule has 3 rings (SSSR count). The summed E-state index contributed by atoms with van der Waals surface area (Å²) in [5.41, 5.74) is 0. The second-order valence-electron chi connectivity index (χ2n) is 6.82. The number of carboxylic acid groups (broad SMARTS) is 1. The average molecular weight is 339 g/mol. The minimum atomic E-state index is -0.906. The standard InChI is InChI=1S/C16H25N3O5/c20-14-8-11(15(21)22)10-19(14)12-3-5-18(6-4-12)16(23)17-9-13-2-1-7-24-13/h11-13H,1-10H2,(H,17,23)(H,21,22)/t11?,13-/m1/s1. The summed E-state index contributed by atoms with van der Waals surface area (Å²) in [6.45, 7) is 2.79. The molecule has 0 aromatic heterocycles. The number of hydrogen-bond acceptors (Lipinski definition) is 4. The maximum Gasteiger partial charge on any atom is 0.317 e. The van der Waals surface area contributed by atoms with Crippen LogP contribution in [0.25, 0.3) is 0 Å². The molecule has 24 heavy (non-hydrogen) atoms. The second kappa shape index (κ2) is 7.38. The topological polar surface area (TPSA) is 99.2 Å². The van der Waals surface area contributed by atoms with E-state index >= 15 is 0 Å². The Morgan fingerprint density at radius 3 is 2.58 bits per heavy atom.